The van der Waals surface area contributed by atoms with Crippen molar-refractivity contribution in [1.29, 1.82) is 0 Å². The molecule has 5 unspecified atom stereocenters. The van der Waals surface area contributed by atoms with Crippen molar-refractivity contribution < 1.29 is 48.8 Å². The first-order valence-electron chi connectivity index (χ1n) is 19.4. The highest BCUT2D eigenvalue weighted by Crippen LogP contribution is 2.31. The minimum Gasteiger partial charge on any atom is -0.394 e. The van der Waals surface area contributed by atoms with Gasteiger partial charge < -0.3 is 41.3 Å². The van der Waals surface area contributed by atoms with Gasteiger partial charge >= 0.3 is 0 Å². The molecule has 6 amide bonds. The fourth-order valence-electron chi connectivity index (χ4n) is 6.86. The first-order chi connectivity index (χ1) is 25.5. The van der Waals surface area contributed by atoms with Crippen LogP contribution in [0.4, 0.5) is 0 Å². The smallest absolute Gasteiger partial charge is 0.253 e. The second kappa shape index (κ2) is 24.4. The molecule has 0 aromatic rings. The molecule has 2 heterocycles. The number of unbranched alkanes of at least 4 members (excludes halogenated alkanes) is 6. The Balaban J connectivity index is 1.08. The van der Waals surface area contributed by atoms with Gasteiger partial charge in [-0.2, -0.15) is 0 Å². The summed E-state index contributed by atoms with van der Waals surface area (Å²) in [6, 6.07) is -0.783. The highest BCUT2D eigenvalue weighted by Gasteiger charge is 2.44. The number of aliphatic hydroxyl groups excluding tert-OH is 3. The van der Waals surface area contributed by atoms with Crippen LogP contribution in [-0.2, 0) is 33.5 Å². The van der Waals surface area contributed by atoms with Crippen LogP contribution in [0, 0.1) is 11.8 Å². The van der Waals surface area contributed by atoms with Crippen LogP contribution in [0.1, 0.15) is 103 Å². The number of carbonyl (C=O) groups is 6. The summed E-state index contributed by atoms with van der Waals surface area (Å²) in [7, 11) is 0. The molecular formula is C37H61N5O10S. The first-order valence-corrected chi connectivity index (χ1v) is 20.4. The molecule has 0 aromatic carbocycles. The van der Waals surface area contributed by atoms with Crippen LogP contribution in [0.2, 0.25) is 0 Å². The molecule has 1 saturated heterocycles. The van der Waals surface area contributed by atoms with E-state index in [0.717, 1.165) is 83.5 Å². The van der Waals surface area contributed by atoms with Gasteiger partial charge in [-0.15, -0.1) is 11.8 Å². The molecule has 2 fully saturated rings. The number of imide groups is 1. The molecule has 5 atom stereocenters. The topological polar surface area (TPSA) is 224 Å². The quantitative estimate of drug-likeness (QED) is 0.0543. The van der Waals surface area contributed by atoms with Gasteiger partial charge in [0.05, 0.1) is 12.6 Å². The summed E-state index contributed by atoms with van der Waals surface area (Å²) in [6.45, 7) is 3.05. The molecule has 1 aliphatic carbocycles. The lowest BCUT2D eigenvalue weighted by Gasteiger charge is -2.42. The number of amides is 6. The Bertz CT molecular complexity index is 1210. The van der Waals surface area contributed by atoms with Crippen LogP contribution in [-0.4, -0.2) is 124 Å². The molecule has 3 rings (SSSR count). The number of nitrogens with zero attached hydrogens (tertiary/aromatic N) is 1. The molecule has 2 aliphatic heterocycles. The number of thioether (sulfide) groups is 1. The zero-order chi connectivity index (χ0) is 38.6. The van der Waals surface area contributed by atoms with Crippen molar-refractivity contribution in [2.75, 3.05) is 38.5 Å². The van der Waals surface area contributed by atoms with Crippen LogP contribution >= 0.6 is 11.8 Å². The Morgan fingerprint density at radius 2 is 1.32 bits per heavy atom. The summed E-state index contributed by atoms with van der Waals surface area (Å²) in [4.78, 5) is 73.3. The summed E-state index contributed by atoms with van der Waals surface area (Å²) in [5.41, 5.74) is -0.599. The SMILES string of the molecule is CC(=O)NC1C(SCCCCCNC(=O)CCCCCNC(=O)CCCCCNC(=O)C2CCC(CN3C(=O)C=CC3=O)CC2)OC(CO)C(O)C1O. The standard InChI is InChI=1S/C37H61N5O10S/c1-25(44)41-33-35(50)34(49)28(24-43)52-37(33)53-22-10-4-9-20-39-30(46)11-5-2-7-19-38-29(45)12-6-3-8-21-40-36(51)27-15-13-26(14-16-27)23-42-31(47)17-18-32(42)48/h17-18,26-28,33-35,37,43,49-50H,2-16,19-24H2,1H3,(H,38,45)(H,39,46)(H,40,51)(H,41,44). The number of nitrogens with one attached hydrogen (secondary N) is 4. The number of aliphatic hydroxyl groups is 3. The zero-order valence-electron chi connectivity index (χ0n) is 31.1. The minimum atomic E-state index is -1.29. The van der Waals surface area contributed by atoms with E-state index in [-0.39, 0.29) is 47.3 Å². The summed E-state index contributed by atoms with van der Waals surface area (Å²) in [5.74, 6) is 0.121. The molecule has 0 spiro atoms. The van der Waals surface area contributed by atoms with Gasteiger partial charge in [0.25, 0.3) is 11.8 Å². The highest BCUT2D eigenvalue weighted by molar-refractivity contribution is 7.99. The van der Waals surface area contributed by atoms with E-state index in [9.17, 15) is 44.1 Å². The maximum absolute atomic E-state index is 12.6. The fourth-order valence-corrected chi connectivity index (χ4v) is 8.12. The largest absolute Gasteiger partial charge is 0.394 e. The Kier molecular flexibility index (Phi) is 20.4. The number of rotatable bonds is 24. The molecule has 300 valence electrons. The molecule has 1 saturated carbocycles. The van der Waals surface area contributed by atoms with Crippen molar-refractivity contribution in [2.45, 2.75) is 133 Å². The number of carbonyl (C=O) groups excluding carboxylic acids is 6. The van der Waals surface area contributed by atoms with Crippen molar-refractivity contribution in [1.82, 2.24) is 26.2 Å². The summed E-state index contributed by atoms with van der Waals surface area (Å²) in [5, 5.41) is 41.5. The van der Waals surface area contributed by atoms with Crippen LogP contribution in [0.3, 0.4) is 0 Å². The predicted octanol–water partition coefficient (Wildman–Crippen LogP) is 1.03. The van der Waals surface area contributed by atoms with Crippen molar-refractivity contribution in [3.63, 3.8) is 0 Å². The van der Waals surface area contributed by atoms with Gasteiger partial charge in [0, 0.05) is 64.0 Å². The van der Waals surface area contributed by atoms with Crippen LogP contribution in [0.5, 0.6) is 0 Å². The van der Waals surface area contributed by atoms with E-state index in [1.165, 1.54) is 35.7 Å². The van der Waals surface area contributed by atoms with Gasteiger partial charge in [-0.3, -0.25) is 33.7 Å². The average Bonchev–Trinajstić information content (AvgIpc) is 3.45. The lowest BCUT2D eigenvalue weighted by Crippen LogP contribution is -2.63. The summed E-state index contributed by atoms with van der Waals surface area (Å²) < 4.78 is 5.72. The molecule has 3 aliphatic rings. The van der Waals surface area contributed by atoms with Gasteiger partial charge in [-0.1, -0.05) is 19.3 Å². The lowest BCUT2D eigenvalue weighted by molar-refractivity contribution is -0.173. The Hall–Kier alpha value is -3.05. The fraction of sp³-hybridized carbons (Fsp3) is 0.784. The van der Waals surface area contributed by atoms with Crippen LogP contribution in [0.25, 0.3) is 0 Å². The van der Waals surface area contributed by atoms with Gasteiger partial charge in [-0.05, 0) is 75.9 Å². The lowest BCUT2D eigenvalue weighted by atomic mass is 9.81. The molecule has 16 heteroatoms. The van der Waals surface area contributed by atoms with Crippen LogP contribution in [0.15, 0.2) is 12.2 Å². The second-order valence-corrected chi connectivity index (χ2v) is 15.5. The van der Waals surface area contributed by atoms with Crippen molar-refractivity contribution in [3.05, 3.63) is 12.2 Å². The van der Waals surface area contributed by atoms with Gasteiger partial charge in [0.1, 0.15) is 23.7 Å². The van der Waals surface area contributed by atoms with Gasteiger partial charge in [0.2, 0.25) is 23.6 Å². The number of hydrogen-bond acceptors (Lipinski definition) is 11. The van der Waals surface area contributed by atoms with E-state index in [0.29, 0.717) is 44.8 Å². The van der Waals surface area contributed by atoms with Crippen LogP contribution < -0.4 is 21.3 Å². The zero-order valence-corrected chi connectivity index (χ0v) is 31.9. The Morgan fingerprint density at radius 3 is 1.87 bits per heavy atom. The monoisotopic (exact) mass is 767 g/mol. The molecule has 0 radical (unpaired) electrons. The summed E-state index contributed by atoms with van der Waals surface area (Å²) >= 11 is 1.41. The van der Waals surface area contributed by atoms with E-state index in [2.05, 4.69) is 21.3 Å². The van der Waals surface area contributed by atoms with Gasteiger partial charge in [0.15, 0.2) is 0 Å². The third-order valence-corrected chi connectivity index (χ3v) is 11.3. The Morgan fingerprint density at radius 1 is 0.774 bits per heavy atom. The maximum Gasteiger partial charge on any atom is 0.253 e. The second-order valence-electron chi connectivity index (χ2n) is 14.3. The molecule has 0 aromatic heterocycles. The number of hydrogen-bond donors (Lipinski definition) is 7. The average molecular weight is 768 g/mol. The van der Waals surface area contributed by atoms with Crippen molar-refractivity contribution in [3.8, 4) is 0 Å². The Labute approximate surface area is 317 Å². The predicted molar refractivity (Wildman–Crippen MR) is 199 cm³/mol. The van der Waals surface area contributed by atoms with E-state index >= 15 is 0 Å². The third kappa shape index (κ3) is 16.1. The maximum atomic E-state index is 12.6. The molecule has 7 N–H and O–H groups in total. The van der Waals surface area contributed by atoms with Gasteiger partial charge in [-0.25, -0.2) is 0 Å². The molecular weight excluding hydrogens is 706 g/mol. The van der Waals surface area contributed by atoms with Crippen molar-refractivity contribution >= 4 is 47.2 Å². The minimum absolute atomic E-state index is 0.00619. The number of ether oxygens (including phenoxy) is 1. The molecule has 53 heavy (non-hydrogen) atoms. The van der Waals surface area contributed by atoms with E-state index in [1.54, 1.807) is 0 Å². The normalized spacial score (nSPS) is 25.7. The van der Waals surface area contributed by atoms with E-state index < -0.39 is 36.4 Å². The molecule has 15 nitrogen and oxygen atoms in total. The molecule has 0 bridgehead atoms. The first kappa shape index (κ1) is 44.3. The van der Waals surface area contributed by atoms with E-state index in [4.69, 9.17) is 4.74 Å². The third-order valence-electron chi connectivity index (χ3n) is 10.0. The van der Waals surface area contributed by atoms with Crippen molar-refractivity contribution in [2.24, 2.45) is 11.8 Å². The summed E-state index contributed by atoms with van der Waals surface area (Å²) in [6.07, 6.45) is 10.5. The highest BCUT2D eigenvalue weighted by atomic mass is 32.2. The van der Waals surface area contributed by atoms with E-state index in [1.807, 2.05) is 0 Å².